The largest absolute Gasteiger partial charge is 0.495 e. The Bertz CT molecular complexity index is 1230. The number of carbonyl (C=O) groups excluding carboxylic acids is 4. The van der Waals surface area contributed by atoms with E-state index in [-0.39, 0.29) is 42.5 Å². The Labute approximate surface area is 203 Å². The van der Waals surface area contributed by atoms with Crippen LogP contribution in [0.15, 0.2) is 54.6 Å². The van der Waals surface area contributed by atoms with Crippen molar-refractivity contribution in [2.75, 3.05) is 23.5 Å². The summed E-state index contributed by atoms with van der Waals surface area (Å²) in [6, 6.07) is 12.0. The molecule has 3 amide bonds. The first-order valence-corrected chi connectivity index (χ1v) is 11.7. The molecule has 2 aromatic rings. The molecule has 180 valence electrons. The van der Waals surface area contributed by atoms with Crippen LogP contribution in [0.5, 0.6) is 11.5 Å². The van der Waals surface area contributed by atoms with Gasteiger partial charge in [-0.1, -0.05) is 24.3 Å². The Morgan fingerprint density at radius 1 is 0.943 bits per heavy atom. The van der Waals surface area contributed by atoms with E-state index in [9.17, 15) is 19.2 Å². The fraction of sp³-hybridized carbons (Fsp3) is 0.333. The van der Waals surface area contributed by atoms with Gasteiger partial charge >= 0.3 is 5.97 Å². The fourth-order valence-corrected chi connectivity index (χ4v) is 5.13. The minimum absolute atomic E-state index is 0.0432. The van der Waals surface area contributed by atoms with Crippen LogP contribution in [-0.2, 0) is 19.2 Å². The van der Waals surface area contributed by atoms with Crippen LogP contribution < -0.4 is 19.3 Å². The lowest BCUT2D eigenvalue weighted by molar-refractivity contribution is -0.139. The normalized spacial score (nSPS) is 23.6. The maximum atomic E-state index is 12.9. The van der Waals surface area contributed by atoms with Crippen LogP contribution >= 0.6 is 0 Å². The molecule has 8 nitrogen and oxygen atoms in total. The second-order valence-corrected chi connectivity index (χ2v) is 9.11. The van der Waals surface area contributed by atoms with Crippen molar-refractivity contribution in [1.29, 1.82) is 0 Å². The van der Waals surface area contributed by atoms with Gasteiger partial charge in [0, 0.05) is 13.0 Å². The van der Waals surface area contributed by atoms with Crippen LogP contribution in [-0.4, -0.2) is 37.3 Å². The summed E-state index contributed by atoms with van der Waals surface area (Å²) in [5, 5.41) is 0. The monoisotopic (exact) mass is 474 g/mol. The van der Waals surface area contributed by atoms with Crippen molar-refractivity contribution in [3.05, 3.63) is 60.2 Å². The van der Waals surface area contributed by atoms with Gasteiger partial charge in [-0.25, -0.2) is 4.90 Å². The molecule has 2 aromatic carbocycles. The van der Waals surface area contributed by atoms with E-state index >= 15 is 0 Å². The van der Waals surface area contributed by atoms with E-state index in [2.05, 4.69) is 0 Å². The predicted molar refractivity (Wildman–Crippen MR) is 128 cm³/mol. The molecule has 2 aliphatic heterocycles. The van der Waals surface area contributed by atoms with E-state index in [1.165, 1.54) is 16.9 Å². The van der Waals surface area contributed by atoms with Crippen molar-refractivity contribution in [2.24, 2.45) is 17.8 Å². The Hall–Kier alpha value is -3.94. The molecule has 8 heteroatoms. The maximum absolute atomic E-state index is 12.9. The molecule has 0 aromatic heterocycles. The molecule has 1 aliphatic carbocycles. The maximum Gasteiger partial charge on any atom is 0.316 e. The number of imide groups is 1. The van der Waals surface area contributed by atoms with E-state index in [4.69, 9.17) is 9.47 Å². The summed E-state index contributed by atoms with van der Waals surface area (Å²) in [6.07, 6.45) is 5.10. The van der Waals surface area contributed by atoms with E-state index in [1.54, 1.807) is 37.3 Å². The second-order valence-electron chi connectivity index (χ2n) is 9.11. The zero-order valence-electron chi connectivity index (χ0n) is 19.6. The number of carbonyl (C=O) groups is 4. The van der Waals surface area contributed by atoms with E-state index in [1.807, 2.05) is 24.3 Å². The number of ether oxygens (including phenoxy) is 2. The number of anilines is 2. The van der Waals surface area contributed by atoms with Crippen molar-refractivity contribution in [1.82, 2.24) is 0 Å². The number of hydrogen-bond donors (Lipinski definition) is 0. The number of allylic oxidation sites excluding steroid dienone is 2. The number of amides is 3. The third kappa shape index (κ3) is 3.99. The number of nitrogens with zero attached hydrogens (tertiary/aromatic N) is 2. The molecule has 0 spiro atoms. The summed E-state index contributed by atoms with van der Waals surface area (Å²) in [5.74, 6) is -1.43. The summed E-state index contributed by atoms with van der Waals surface area (Å²) < 4.78 is 10.9. The zero-order valence-corrected chi connectivity index (χ0v) is 19.6. The van der Waals surface area contributed by atoms with Crippen LogP contribution in [0, 0.1) is 24.7 Å². The van der Waals surface area contributed by atoms with Gasteiger partial charge in [0.25, 0.3) is 0 Å². The number of methoxy groups -OCH3 is 1. The van der Waals surface area contributed by atoms with Crippen LogP contribution in [0.3, 0.4) is 0 Å². The molecule has 0 unspecified atom stereocenters. The molecule has 2 fully saturated rings. The summed E-state index contributed by atoms with van der Waals surface area (Å²) in [4.78, 5) is 54.1. The summed E-state index contributed by atoms with van der Waals surface area (Å²) in [7, 11) is 1.53. The average Bonchev–Trinajstić information content (AvgIpc) is 3.37. The number of fused-ring (bicyclic) bond motifs is 1. The number of esters is 1. The SMILES string of the molecule is COc1ccccc1N1C[C@H](C(=O)Oc2ccc(N3C(=O)[C@@H]4CC=CC[C@H]4C3=O)c(C)c2)CC1=O. The Morgan fingerprint density at radius 2 is 1.63 bits per heavy atom. The number of rotatable bonds is 5. The van der Waals surface area contributed by atoms with Crippen LogP contribution in [0.1, 0.15) is 24.8 Å². The molecular weight excluding hydrogens is 448 g/mol. The molecule has 5 rings (SSSR count). The number of benzene rings is 2. The Kier molecular flexibility index (Phi) is 5.88. The molecule has 35 heavy (non-hydrogen) atoms. The minimum atomic E-state index is -0.621. The summed E-state index contributed by atoms with van der Waals surface area (Å²) in [6.45, 7) is 1.97. The van der Waals surface area contributed by atoms with Gasteiger partial charge < -0.3 is 14.4 Å². The molecule has 0 saturated carbocycles. The number of para-hydroxylation sites is 2. The lowest BCUT2D eigenvalue weighted by atomic mass is 9.85. The Balaban J connectivity index is 1.29. The standard InChI is InChI=1S/C27H26N2O6/c1-16-13-18(11-12-21(16)29-25(31)19-7-3-4-8-20(19)26(29)32)35-27(33)17-14-24(30)28(15-17)22-9-5-6-10-23(22)34-2/h3-6,9-13,17,19-20H,7-8,14-15H2,1-2H3/t17-,19-,20-/m1/s1. The van der Waals surface area contributed by atoms with E-state index < -0.39 is 11.9 Å². The first-order chi connectivity index (χ1) is 16.9. The molecule has 2 saturated heterocycles. The third-order valence-electron chi connectivity index (χ3n) is 6.97. The summed E-state index contributed by atoms with van der Waals surface area (Å²) in [5.41, 5.74) is 1.78. The van der Waals surface area contributed by atoms with Crippen molar-refractivity contribution in [3.8, 4) is 11.5 Å². The molecule has 2 heterocycles. The van der Waals surface area contributed by atoms with Gasteiger partial charge in [0.1, 0.15) is 11.5 Å². The van der Waals surface area contributed by atoms with E-state index in [0.29, 0.717) is 41.3 Å². The lowest BCUT2D eigenvalue weighted by Crippen LogP contribution is -2.31. The fourth-order valence-electron chi connectivity index (χ4n) is 5.13. The zero-order chi connectivity index (χ0) is 24.7. The van der Waals surface area contributed by atoms with Crippen LogP contribution in [0.2, 0.25) is 0 Å². The van der Waals surface area contributed by atoms with Gasteiger partial charge in [0.15, 0.2) is 0 Å². The Morgan fingerprint density at radius 3 is 2.29 bits per heavy atom. The van der Waals surface area contributed by atoms with Gasteiger partial charge in [-0.05, 0) is 55.7 Å². The highest BCUT2D eigenvalue weighted by atomic mass is 16.5. The quantitative estimate of drug-likeness (QED) is 0.285. The van der Waals surface area contributed by atoms with Crippen LogP contribution in [0.4, 0.5) is 11.4 Å². The van der Waals surface area contributed by atoms with Crippen LogP contribution in [0.25, 0.3) is 0 Å². The predicted octanol–water partition coefficient (Wildman–Crippen LogP) is 3.42. The first kappa shape index (κ1) is 22.8. The number of aryl methyl sites for hydroxylation is 1. The highest BCUT2D eigenvalue weighted by molar-refractivity contribution is 6.22. The van der Waals surface area contributed by atoms with Gasteiger partial charge in [-0.15, -0.1) is 0 Å². The lowest BCUT2D eigenvalue weighted by Gasteiger charge is -2.19. The molecule has 0 N–H and O–H groups in total. The molecule has 3 aliphatic rings. The van der Waals surface area contributed by atoms with Gasteiger partial charge in [-0.2, -0.15) is 0 Å². The van der Waals surface area contributed by atoms with Crippen molar-refractivity contribution in [2.45, 2.75) is 26.2 Å². The highest BCUT2D eigenvalue weighted by Gasteiger charge is 2.48. The molecular formula is C27H26N2O6. The minimum Gasteiger partial charge on any atom is -0.495 e. The third-order valence-corrected chi connectivity index (χ3v) is 6.97. The average molecular weight is 475 g/mol. The smallest absolute Gasteiger partial charge is 0.316 e. The first-order valence-electron chi connectivity index (χ1n) is 11.7. The van der Waals surface area contributed by atoms with Gasteiger partial charge in [0.2, 0.25) is 17.7 Å². The van der Waals surface area contributed by atoms with Crippen molar-refractivity contribution >= 4 is 35.1 Å². The van der Waals surface area contributed by atoms with E-state index in [0.717, 1.165) is 0 Å². The van der Waals surface area contributed by atoms with Gasteiger partial charge in [-0.3, -0.25) is 19.2 Å². The molecule has 0 bridgehead atoms. The highest BCUT2D eigenvalue weighted by Crippen LogP contribution is 2.39. The summed E-state index contributed by atoms with van der Waals surface area (Å²) >= 11 is 0. The second kappa shape index (κ2) is 9.02. The topological polar surface area (TPSA) is 93.2 Å². The van der Waals surface area contributed by atoms with Crippen molar-refractivity contribution < 1.29 is 28.7 Å². The molecule has 0 radical (unpaired) electrons. The van der Waals surface area contributed by atoms with Gasteiger partial charge in [0.05, 0.1) is 36.2 Å². The molecule has 3 atom stereocenters. The number of hydrogen-bond acceptors (Lipinski definition) is 6. The van der Waals surface area contributed by atoms with Crippen molar-refractivity contribution in [3.63, 3.8) is 0 Å².